The minimum absolute atomic E-state index is 0.0395. The smallest absolute Gasteiger partial charge is 0.249 e. The Labute approximate surface area is 91.8 Å². The molecule has 0 spiro atoms. The van der Waals surface area contributed by atoms with Crippen LogP contribution in [0, 0.1) is 0 Å². The number of hydrogen-bond acceptors (Lipinski definition) is 3. The topological polar surface area (TPSA) is 50.4 Å². The molecule has 1 fully saturated rings. The summed E-state index contributed by atoms with van der Waals surface area (Å²) in [5, 5.41) is 6.11. The fraction of sp³-hybridized carbons (Fsp3) is 0.909. The number of amides is 1. The average molecular weight is 214 g/mol. The van der Waals surface area contributed by atoms with E-state index in [1.54, 1.807) is 0 Å². The van der Waals surface area contributed by atoms with Crippen LogP contribution in [0.2, 0.25) is 0 Å². The fourth-order valence-electron chi connectivity index (χ4n) is 1.69. The maximum Gasteiger partial charge on any atom is 0.249 e. The van der Waals surface area contributed by atoms with Crippen molar-refractivity contribution in [2.24, 2.45) is 0 Å². The van der Waals surface area contributed by atoms with Crippen LogP contribution in [0.3, 0.4) is 0 Å². The Bertz CT molecular complexity index is 197. The summed E-state index contributed by atoms with van der Waals surface area (Å²) < 4.78 is 5.47. The van der Waals surface area contributed by atoms with Crippen LogP contribution in [0.4, 0.5) is 0 Å². The predicted molar refractivity (Wildman–Crippen MR) is 59.7 cm³/mol. The predicted octanol–water partition coefficient (Wildman–Crippen LogP) is 0.670. The molecule has 1 heterocycles. The van der Waals surface area contributed by atoms with Crippen molar-refractivity contribution in [3.8, 4) is 0 Å². The van der Waals surface area contributed by atoms with E-state index in [9.17, 15) is 4.79 Å². The molecule has 0 aromatic heterocycles. The van der Waals surface area contributed by atoms with Crippen molar-refractivity contribution in [3.05, 3.63) is 0 Å². The molecule has 1 amide bonds. The molecule has 1 aliphatic rings. The third-order valence-corrected chi connectivity index (χ3v) is 2.55. The molecule has 0 bridgehead atoms. The van der Waals surface area contributed by atoms with Gasteiger partial charge in [-0.2, -0.15) is 0 Å². The second-order valence-electron chi connectivity index (χ2n) is 4.05. The maximum atomic E-state index is 11.6. The highest BCUT2D eigenvalue weighted by molar-refractivity contribution is 5.80. The summed E-state index contributed by atoms with van der Waals surface area (Å²) in [6, 6.07) is 0. The monoisotopic (exact) mass is 214 g/mol. The van der Waals surface area contributed by atoms with E-state index in [0.717, 1.165) is 32.4 Å². The van der Waals surface area contributed by atoms with Gasteiger partial charge in [0.05, 0.1) is 6.10 Å². The first-order chi connectivity index (χ1) is 7.24. The van der Waals surface area contributed by atoms with E-state index in [2.05, 4.69) is 17.6 Å². The molecule has 1 aliphatic heterocycles. The first kappa shape index (κ1) is 12.5. The van der Waals surface area contributed by atoms with Crippen molar-refractivity contribution >= 4 is 5.91 Å². The van der Waals surface area contributed by atoms with Crippen LogP contribution in [-0.4, -0.2) is 37.7 Å². The number of rotatable bonds is 6. The van der Waals surface area contributed by atoms with Gasteiger partial charge >= 0.3 is 0 Å². The minimum Gasteiger partial charge on any atom is -0.365 e. The summed E-state index contributed by atoms with van der Waals surface area (Å²) in [5.41, 5.74) is 0. The third kappa shape index (κ3) is 4.62. The van der Waals surface area contributed by atoms with Crippen LogP contribution in [0.5, 0.6) is 0 Å². The Morgan fingerprint density at radius 3 is 2.73 bits per heavy atom. The van der Waals surface area contributed by atoms with Crippen molar-refractivity contribution in [2.75, 3.05) is 19.6 Å². The number of ether oxygens (including phenoxy) is 1. The van der Waals surface area contributed by atoms with E-state index in [0.29, 0.717) is 6.54 Å². The molecule has 0 aliphatic carbocycles. The van der Waals surface area contributed by atoms with Crippen LogP contribution >= 0.6 is 0 Å². The van der Waals surface area contributed by atoms with Crippen LogP contribution < -0.4 is 10.6 Å². The zero-order valence-corrected chi connectivity index (χ0v) is 9.71. The van der Waals surface area contributed by atoms with Crippen LogP contribution in [-0.2, 0) is 9.53 Å². The summed E-state index contributed by atoms with van der Waals surface area (Å²) in [6.07, 6.45) is 2.99. The first-order valence-corrected chi connectivity index (χ1v) is 5.88. The molecule has 0 aromatic carbocycles. The maximum absolute atomic E-state index is 11.6. The molecule has 1 rings (SSSR count). The van der Waals surface area contributed by atoms with Gasteiger partial charge in [-0.05, 0) is 32.7 Å². The normalized spacial score (nSPS) is 25.5. The molecule has 4 heteroatoms. The lowest BCUT2D eigenvalue weighted by atomic mass is 10.2. The summed E-state index contributed by atoms with van der Waals surface area (Å²) in [5.74, 6) is 0.0395. The lowest BCUT2D eigenvalue weighted by Crippen LogP contribution is -2.38. The van der Waals surface area contributed by atoms with Gasteiger partial charge in [-0.3, -0.25) is 4.79 Å². The fourth-order valence-corrected chi connectivity index (χ4v) is 1.69. The first-order valence-electron chi connectivity index (χ1n) is 5.88. The van der Waals surface area contributed by atoms with Gasteiger partial charge in [-0.15, -0.1) is 0 Å². The number of nitrogens with one attached hydrogen (secondary N) is 2. The summed E-state index contributed by atoms with van der Waals surface area (Å²) in [7, 11) is 0. The van der Waals surface area contributed by atoms with Crippen LogP contribution in [0.1, 0.15) is 33.1 Å². The van der Waals surface area contributed by atoms with Gasteiger partial charge in [0.1, 0.15) is 6.10 Å². The van der Waals surface area contributed by atoms with Gasteiger partial charge in [0, 0.05) is 13.1 Å². The largest absolute Gasteiger partial charge is 0.365 e. The molecule has 15 heavy (non-hydrogen) atoms. The summed E-state index contributed by atoms with van der Waals surface area (Å²) >= 11 is 0. The molecule has 2 atom stereocenters. The zero-order valence-electron chi connectivity index (χ0n) is 9.71. The quantitative estimate of drug-likeness (QED) is 0.639. The Morgan fingerprint density at radius 2 is 2.13 bits per heavy atom. The lowest BCUT2D eigenvalue weighted by Gasteiger charge is -2.11. The molecule has 0 saturated carbocycles. The van der Waals surface area contributed by atoms with Crippen molar-refractivity contribution in [2.45, 2.75) is 45.3 Å². The minimum atomic E-state index is -0.217. The number of carbonyl (C=O) groups excluding carboxylic acids is 1. The van der Waals surface area contributed by atoms with Gasteiger partial charge in [0.15, 0.2) is 0 Å². The summed E-state index contributed by atoms with van der Waals surface area (Å²) in [4.78, 5) is 11.6. The SMILES string of the molecule is CCCNCCNC(=O)C1CCC(C)O1. The zero-order chi connectivity index (χ0) is 11.1. The highest BCUT2D eigenvalue weighted by Gasteiger charge is 2.27. The molecule has 0 aromatic rings. The second-order valence-corrected chi connectivity index (χ2v) is 4.05. The highest BCUT2D eigenvalue weighted by Crippen LogP contribution is 2.18. The lowest BCUT2D eigenvalue weighted by molar-refractivity contribution is -0.131. The average Bonchev–Trinajstić information content (AvgIpc) is 2.64. The standard InChI is InChI=1S/C11H22N2O2/c1-3-6-12-7-8-13-11(14)10-5-4-9(2)15-10/h9-10,12H,3-8H2,1-2H3,(H,13,14). The molecule has 0 radical (unpaired) electrons. The van der Waals surface area contributed by atoms with Crippen molar-refractivity contribution < 1.29 is 9.53 Å². The molecular formula is C11H22N2O2. The third-order valence-electron chi connectivity index (χ3n) is 2.55. The summed E-state index contributed by atoms with van der Waals surface area (Å²) in [6.45, 7) is 6.66. The van der Waals surface area contributed by atoms with Gasteiger partial charge in [-0.25, -0.2) is 0 Å². The van der Waals surface area contributed by atoms with E-state index in [1.165, 1.54) is 0 Å². The van der Waals surface area contributed by atoms with Crippen LogP contribution in [0.15, 0.2) is 0 Å². The number of carbonyl (C=O) groups is 1. The number of hydrogen-bond donors (Lipinski definition) is 2. The van der Waals surface area contributed by atoms with E-state index in [1.807, 2.05) is 6.92 Å². The van der Waals surface area contributed by atoms with E-state index < -0.39 is 0 Å². The molecule has 88 valence electrons. The Kier molecular flexibility index (Phi) is 5.65. The van der Waals surface area contributed by atoms with Crippen molar-refractivity contribution in [1.82, 2.24) is 10.6 Å². The van der Waals surface area contributed by atoms with E-state index in [4.69, 9.17) is 4.74 Å². The van der Waals surface area contributed by atoms with Crippen molar-refractivity contribution in [1.29, 1.82) is 0 Å². The van der Waals surface area contributed by atoms with Gasteiger partial charge in [0.2, 0.25) is 5.91 Å². The van der Waals surface area contributed by atoms with Gasteiger partial charge in [-0.1, -0.05) is 6.92 Å². The van der Waals surface area contributed by atoms with E-state index in [-0.39, 0.29) is 18.1 Å². The van der Waals surface area contributed by atoms with E-state index >= 15 is 0 Å². The molecule has 2 unspecified atom stereocenters. The van der Waals surface area contributed by atoms with Crippen molar-refractivity contribution in [3.63, 3.8) is 0 Å². The Balaban J connectivity index is 2.03. The van der Waals surface area contributed by atoms with Gasteiger partial charge < -0.3 is 15.4 Å². The van der Waals surface area contributed by atoms with Gasteiger partial charge in [0.25, 0.3) is 0 Å². The van der Waals surface area contributed by atoms with Crippen LogP contribution in [0.25, 0.3) is 0 Å². The molecular weight excluding hydrogens is 192 g/mol. The Hall–Kier alpha value is -0.610. The molecule has 1 saturated heterocycles. The second kappa shape index (κ2) is 6.80. The Morgan fingerprint density at radius 1 is 1.33 bits per heavy atom. The molecule has 4 nitrogen and oxygen atoms in total. The molecule has 2 N–H and O–H groups in total. The highest BCUT2D eigenvalue weighted by atomic mass is 16.5.